The molecule has 0 unspecified atom stereocenters. The average molecular weight is 289 g/mol. The minimum atomic E-state index is -0.394. The highest BCUT2D eigenvalue weighted by Crippen LogP contribution is 2.12. The maximum Gasteiger partial charge on any atom is 0.269 e. The van der Waals surface area contributed by atoms with Gasteiger partial charge in [-0.05, 0) is 12.0 Å². The number of nitro benzene ring substituents is 1. The van der Waals surface area contributed by atoms with E-state index in [0.29, 0.717) is 19.1 Å². The molecule has 2 rings (SSSR count). The fourth-order valence-electron chi connectivity index (χ4n) is 1.87. The van der Waals surface area contributed by atoms with E-state index in [0.717, 1.165) is 17.7 Å². The van der Waals surface area contributed by atoms with Crippen LogP contribution in [-0.2, 0) is 19.5 Å². The first-order chi connectivity index (χ1) is 10.0. The first-order valence-corrected chi connectivity index (χ1v) is 6.90. The zero-order valence-corrected chi connectivity index (χ0v) is 12.2. The van der Waals surface area contributed by atoms with Gasteiger partial charge in [-0.1, -0.05) is 31.2 Å². The van der Waals surface area contributed by atoms with Crippen LogP contribution in [0, 0.1) is 10.1 Å². The molecule has 7 heteroatoms. The lowest BCUT2D eigenvalue weighted by atomic mass is 10.1. The van der Waals surface area contributed by atoms with Gasteiger partial charge in [0, 0.05) is 37.5 Å². The Bertz CT molecular complexity index is 592. The van der Waals surface area contributed by atoms with Gasteiger partial charge in [-0.25, -0.2) is 0 Å². The molecule has 2 aromatic rings. The highest BCUT2D eigenvalue weighted by molar-refractivity contribution is 5.32. The van der Waals surface area contributed by atoms with Gasteiger partial charge in [0.1, 0.15) is 0 Å². The number of nitrogens with one attached hydrogen (secondary N) is 1. The molecule has 0 bridgehead atoms. The Kier molecular flexibility index (Phi) is 4.99. The van der Waals surface area contributed by atoms with Crippen molar-refractivity contribution in [1.29, 1.82) is 0 Å². The van der Waals surface area contributed by atoms with Crippen molar-refractivity contribution in [1.82, 2.24) is 20.3 Å². The molecule has 112 valence electrons. The van der Waals surface area contributed by atoms with E-state index < -0.39 is 4.92 Å². The molecule has 0 atom stereocenters. The first-order valence-electron chi connectivity index (χ1n) is 6.90. The topological polar surface area (TPSA) is 85.9 Å². The quantitative estimate of drug-likeness (QED) is 0.621. The van der Waals surface area contributed by atoms with E-state index in [1.54, 1.807) is 16.8 Å². The van der Waals surface area contributed by atoms with Crippen LogP contribution in [0.2, 0.25) is 0 Å². The molecule has 0 fully saturated rings. The SMILES string of the molecule is CC(C)NCc1cn(CCc2ccc([N+](=O)[O-])cc2)nn1. The van der Waals surface area contributed by atoms with E-state index in [-0.39, 0.29) is 5.69 Å². The van der Waals surface area contributed by atoms with Crippen LogP contribution in [-0.4, -0.2) is 26.0 Å². The summed E-state index contributed by atoms with van der Waals surface area (Å²) in [5.74, 6) is 0. The van der Waals surface area contributed by atoms with Gasteiger partial charge >= 0.3 is 0 Å². The van der Waals surface area contributed by atoms with Crippen molar-refractivity contribution in [3.63, 3.8) is 0 Å². The summed E-state index contributed by atoms with van der Waals surface area (Å²) < 4.78 is 1.79. The largest absolute Gasteiger partial charge is 0.309 e. The zero-order chi connectivity index (χ0) is 15.2. The van der Waals surface area contributed by atoms with Gasteiger partial charge in [-0.2, -0.15) is 0 Å². The van der Waals surface area contributed by atoms with Crippen LogP contribution in [0.15, 0.2) is 30.5 Å². The van der Waals surface area contributed by atoms with Crippen molar-refractivity contribution >= 4 is 5.69 Å². The number of aryl methyl sites for hydroxylation is 2. The Balaban J connectivity index is 1.86. The minimum Gasteiger partial charge on any atom is -0.309 e. The molecule has 0 amide bonds. The van der Waals surface area contributed by atoms with Crippen molar-refractivity contribution in [2.24, 2.45) is 0 Å². The van der Waals surface area contributed by atoms with E-state index in [1.807, 2.05) is 6.20 Å². The Labute approximate surface area is 123 Å². The van der Waals surface area contributed by atoms with Crippen molar-refractivity contribution in [3.05, 3.63) is 51.8 Å². The minimum absolute atomic E-state index is 0.113. The smallest absolute Gasteiger partial charge is 0.269 e. The Hall–Kier alpha value is -2.28. The molecule has 0 aliphatic rings. The molecule has 0 saturated carbocycles. The van der Waals surface area contributed by atoms with Crippen LogP contribution in [0.4, 0.5) is 5.69 Å². The second-order valence-electron chi connectivity index (χ2n) is 5.18. The third-order valence-corrected chi connectivity index (χ3v) is 3.05. The monoisotopic (exact) mass is 289 g/mol. The fourth-order valence-corrected chi connectivity index (χ4v) is 1.87. The summed E-state index contributed by atoms with van der Waals surface area (Å²) >= 11 is 0. The van der Waals surface area contributed by atoms with Gasteiger partial charge in [0.15, 0.2) is 0 Å². The molecule has 1 heterocycles. The van der Waals surface area contributed by atoms with Crippen molar-refractivity contribution in [3.8, 4) is 0 Å². The number of benzene rings is 1. The summed E-state index contributed by atoms with van der Waals surface area (Å²) in [6.45, 7) is 5.57. The zero-order valence-electron chi connectivity index (χ0n) is 12.2. The Morgan fingerprint density at radius 3 is 2.67 bits per heavy atom. The normalized spacial score (nSPS) is 11.0. The van der Waals surface area contributed by atoms with Crippen LogP contribution in [0.25, 0.3) is 0 Å². The summed E-state index contributed by atoms with van der Waals surface area (Å²) in [7, 11) is 0. The summed E-state index contributed by atoms with van der Waals surface area (Å²) in [6, 6.07) is 7.01. The van der Waals surface area contributed by atoms with Crippen LogP contribution in [0.5, 0.6) is 0 Å². The third-order valence-electron chi connectivity index (χ3n) is 3.05. The van der Waals surface area contributed by atoms with Gasteiger partial charge < -0.3 is 5.32 Å². The molecular weight excluding hydrogens is 270 g/mol. The summed E-state index contributed by atoms with van der Waals surface area (Å²) in [4.78, 5) is 10.2. The maximum atomic E-state index is 10.6. The number of non-ortho nitro benzene ring substituents is 1. The summed E-state index contributed by atoms with van der Waals surface area (Å²) in [5.41, 5.74) is 2.06. The maximum absolute atomic E-state index is 10.6. The number of hydrogen-bond acceptors (Lipinski definition) is 5. The van der Waals surface area contributed by atoms with Gasteiger partial charge in [-0.3, -0.25) is 14.8 Å². The Morgan fingerprint density at radius 2 is 2.05 bits per heavy atom. The lowest BCUT2D eigenvalue weighted by molar-refractivity contribution is -0.384. The molecule has 0 spiro atoms. The number of hydrogen-bond donors (Lipinski definition) is 1. The summed E-state index contributed by atoms with van der Waals surface area (Å²) in [5, 5.41) is 22.0. The Morgan fingerprint density at radius 1 is 1.33 bits per heavy atom. The van der Waals surface area contributed by atoms with Crippen LogP contribution in [0.3, 0.4) is 0 Å². The van der Waals surface area contributed by atoms with Gasteiger partial charge in [0.05, 0.1) is 10.6 Å². The van der Waals surface area contributed by atoms with Gasteiger partial charge in [-0.15, -0.1) is 5.10 Å². The average Bonchev–Trinajstić information content (AvgIpc) is 2.91. The fraction of sp³-hybridized carbons (Fsp3) is 0.429. The van der Waals surface area contributed by atoms with Crippen molar-refractivity contribution < 1.29 is 4.92 Å². The molecule has 21 heavy (non-hydrogen) atoms. The number of nitro groups is 1. The second-order valence-corrected chi connectivity index (χ2v) is 5.18. The predicted molar refractivity (Wildman–Crippen MR) is 78.8 cm³/mol. The van der Waals surface area contributed by atoms with Gasteiger partial charge in [0.2, 0.25) is 0 Å². The molecule has 1 N–H and O–H groups in total. The first kappa shape index (κ1) is 15.1. The van der Waals surface area contributed by atoms with E-state index >= 15 is 0 Å². The highest BCUT2D eigenvalue weighted by Gasteiger charge is 2.05. The number of nitrogens with zero attached hydrogens (tertiary/aromatic N) is 4. The second kappa shape index (κ2) is 6.94. The third kappa shape index (κ3) is 4.64. The lowest BCUT2D eigenvalue weighted by Gasteiger charge is -2.04. The lowest BCUT2D eigenvalue weighted by Crippen LogP contribution is -2.21. The van der Waals surface area contributed by atoms with Crippen LogP contribution < -0.4 is 5.32 Å². The summed E-state index contributed by atoms with van der Waals surface area (Å²) in [6.07, 6.45) is 2.68. The number of aromatic nitrogens is 3. The van der Waals surface area contributed by atoms with Crippen molar-refractivity contribution in [2.75, 3.05) is 0 Å². The highest BCUT2D eigenvalue weighted by atomic mass is 16.6. The molecule has 0 aliphatic heterocycles. The molecular formula is C14H19N5O2. The molecule has 0 aliphatic carbocycles. The van der Waals surface area contributed by atoms with Crippen molar-refractivity contribution in [2.45, 2.75) is 39.4 Å². The van der Waals surface area contributed by atoms with E-state index in [2.05, 4.69) is 29.5 Å². The van der Waals surface area contributed by atoms with E-state index in [4.69, 9.17) is 0 Å². The van der Waals surface area contributed by atoms with Crippen LogP contribution >= 0.6 is 0 Å². The van der Waals surface area contributed by atoms with E-state index in [1.165, 1.54) is 12.1 Å². The molecule has 1 aromatic carbocycles. The van der Waals surface area contributed by atoms with E-state index in [9.17, 15) is 10.1 Å². The predicted octanol–water partition coefficient (Wildman–Crippen LogP) is 1.93. The van der Waals surface area contributed by atoms with Crippen LogP contribution in [0.1, 0.15) is 25.1 Å². The van der Waals surface area contributed by atoms with Gasteiger partial charge in [0.25, 0.3) is 5.69 Å². The molecule has 0 saturated heterocycles. The number of rotatable bonds is 7. The molecule has 7 nitrogen and oxygen atoms in total. The standard InChI is InChI=1S/C14H19N5O2/c1-11(2)15-9-13-10-18(17-16-13)8-7-12-3-5-14(6-4-12)19(20)21/h3-6,10-11,15H,7-9H2,1-2H3. The molecule has 0 radical (unpaired) electrons. The molecule has 1 aromatic heterocycles.